The first kappa shape index (κ1) is 16.6. The predicted octanol–water partition coefficient (Wildman–Crippen LogP) is 1.56. The second-order valence-corrected chi connectivity index (χ2v) is 6.78. The van der Waals surface area contributed by atoms with Crippen molar-refractivity contribution in [1.29, 1.82) is 0 Å². The number of rotatable bonds is 6. The Morgan fingerprint density at radius 2 is 1.84 bits per heavy atom. The van der Waals surface area contributed by atoms with Gasteiger partial charge in [0.1, 0.15) is 0 Å². The summed E-state index contributed by atoms with van der Waals surface area (Å²) in [7, 11) is 0. The van der Waals surface area contributed by atoms with Gasteiger partial charge in [-0.25, -0.2) is 0 Å². The third kappa shape index (κ3) is 4.56. The van der Waals surface area contributed by atoms with Crippen LogP contribution in [0.2, 0.25) is 0 Å². The summed E-state index contributed by atoms with van der Waals surface area (Å²) < 4.78 is 5.30. The maximum Gasteiger partial charge on any atom is 0.0900 e. The van der Waals surface area contributed by atoms with Crippen LogP contribution >= 0.6 is 0 Å². The van der Waals surface area contributed by atoms with Crippen LogP contribution in [0, 0.1) is 0 Å². The molecule has 1 fully saturated rings. The van der Waals surface area contributed by atoms with Gasteiger partial charge < -0.3 is 14.9 Å². The van der Waals surface area contributed by atoms with Gasteiger partial charge in [-0.3, -0.25) is 4.90 Å². The van der Waals surface area contributed by atoms with Gasteiger partial charge in [0.15, 0.2) is 0 Å². The van der Waals surface area contributed by atoms with Crippen molar-refractivity contribution in [3.63, 3.8) is 0 Å². The first-order chi connectivity index (χ1) is 8.69. The molecule has 4 nitrogen and oxygen atoms in total. The van der Waals surface area contributed by atoms with E-state index < -0.39 is 6.10 Å². The van der Waals surface area contributed by atoms with E-state index in [1.807, 2.05) is 0 Å². The van der Waals surface area contributed by atoms with Gasteiger partial charge in [-0.05, 0) is 40.5 Å². The van der Waals surface area contributed by atoms with Crippen LogP contribution in [0.5, 0.6) is 0 Å². The molecular weight excluding hydrogens is 242 g/mol. The number of β-amino-alcohol motifs (C(OH)–C–C–N with tert-alkyl or cyclic N) is 1. The van der Waals surface area contributed by atoms with E-state index in [1.54, 1.807) is 6.08 Å². The zero-order chi connectivity index (χ0) is 14.7. The lowest BCUT2D eigenvalue weighted by atomic mass is 9.78. The van der Waals surface area contributed by atoms with Crippen LogP contribution in [0.1, 0.15) is 40.5 Å². The molecule has 0 aromatic rings. The molecule has 0 saturated carbocycles. The minimum absolute atomic E-state index is 0.124. The standard InChI is InChI=1S/C15H29NO3/c1-6-7-19-11-13(18)10-16-14(2,3)8-12(17)9-15(16,4)5/h6,12-13,17-18H,1,7-11H2,2-5H3/t13-/m0/s1. The molecule has 1 rings (SSSR count). The Morgan fingerprint density at radius 3 is 2.32 bits per heavy atom. The number of aliphatic hydroxyl groups excluding tert-OH is 2. The number of likely N-dealkylation sites (tertiary alicyclic amines) is 1. The van der Waals surface area contributed by atoms with Gasteiger partial charge in [-0.1, -0.05) is 6.08 Å². The Kier molecular flexibility index (Phi) is 5.56. The maximum atomic E-state index is 10.1. The molecule has 0 aliphatic carbocycles. The van der Waals surface area contributed by atoms with Crippen molar-refractivity contribution in [3.8, 4) is 0 Å². The molecule has 112 valence electrons. The molecule has 0 amide bonds. The fourth-order valence-corrected chi connectivity index (χ4v) is 3.31. The van der Waals surface area contributed by atoms with Gasteiger partial charge in [-0.2, -0.15) is 0 Å². The van der Waals surface area contributed by atoms with Gasteiger partial charge in [0.25, 0.3) is 0 Å². The van der Waals surface area contributed by atoms with E-state index in [4.69, 9.17) is 4.74 Å². The molecule has 0 aromatic heterocycles. The molecule has 4 heteroatoms. The number of piperidine rings is 1. The van der Waals surface area contributed by atoms with Crippen molar-refractivity contribution >= 4 is 0 Å². The highest BCUT2D eigenvalue weighted by molar-refractivity contribution is 5.00. The van der Waals surface area contributed by atoms with Crippen LogP contribution < -0.4 is 0 Å². The summed E-state index contributed by atoms with van der Waals surface area (Å²) in [4.78, 5) is 2.29. The van der Waals surface area contributed by atoms with Crippen LogP contribution in [0.4, 0.5) is 0 Å². The van der Waals surface area contributed by atoms with Crippen molar-refractivity contribution in [3.05, 3.63) is 12.7 Å². The summed E-state index contributed by atoms with van der Waals surface area (Å²) in [6.07, 6.45) is 2.36. The second-order valence-electron chi connectivity index (χ2n) is 6.78. The van der Waals surface area contributed by atoms with Crippen molar-refractivity contribution < 1.29 is 14.9 Å². The molecule has 19 heavy (non-hydrogen) atoms. The van der Waals surface area contributed by atoms with Crippen LogP contribution in [0.25, 0.3) is 0 Å². The number of ether oxygens (including phenoxy) is 1. The van der Waals surface area contributed by atoms with Gasteiger partial charge in [0.05, 0.1) is 25.4 Å². The average molecular weight is 271 g/mol. The number of nitrogens with zero attached hydrogens (tertiary/aromatic N) is 1. The molecule has 0 bridgehead atoms. The summed E-state index contributed by atoms with van der Waals surface area (Å²) in [6.45, 7) is 13.4. The van der Waals surface area contributed by atoms with Crippen LogP contribution in [0.3, 0.4) is 0 Å². The molecule has 1 saturated heterocycles. The maximum absolute atomic E-state index is 10.1. The molecular formula is C15H29NO3. The van der Waals surface area contributed by atoms with Crippen LogP contribution in [-0.4, -0.2) is 58.2 Å². The molecule has 0 radical (unpaired) electrons. The Morgan fingerprint density at radius 1 is 1.32 bits per heavy atom. The Hall–Kier alpha value is -0.420. The number of hydrogen-bond acceptors (Lipinski definition) is 4. The van der Waals surface area contributed by atoms with Crippen molar-refractivity contribution in [2.24, 2.45) is 0 Å². The lowest BCUT2D eigenvalue weighted by Crippen LogP contribution is -2.63. The topological polar surface area (TPSA) is 52.9 Å². The molecule has 1 heterocycles. The molecule has 2 N–H and O–H groups in total. The molecule has 1 atom stereocenters. The van der Waals surface area contributed by atoms with Gasteiger partial charge in [0, 0.05) is 17.6 Å². The van der Waals surface area contributed by atoms with Gasteiger partial charge in [0.2, 0.25) is 0 Å². The number of aliphatic hydroxyl groups is 2. The third-order valence-electron chi connectivity index (χ3n) is 3.87. The summed E-state index contributed by atoms with van der Waals surface area (Å²) in [5, 5.41) is 20.1. The third-order valence-corrected chi connectivity index (χ3v) is 3.87. The van der Waals surface area contributed by atoms with Crippen molar-refractivity contribution in [2.75, 3.05) is 19.8 Å². The fourth-order valence-electron chi connectivity index (χ4n) is 3.31. The SMILES string of the molecule is C=CCOC[C@@H](O)CN1C(C)(C)CC(O)CC1(C)C. The van der Waals surface area contributed by atoms with Crippen molar-refractivity contribution in [2.45, 2.75) is 63.8 Å². The number of hydrogen-bond donors (Lipinski definition) is 2. The fraction of sp³-hybridized carbons (Fsp3) is 0.867. The lowest BCUT2D eigenvalue weighted by Gasteiger charge is -2.55. The highest BCUT2D eigenvalue weighted by Gasteiger charge is 2.45. The Bertz CT molecular complexity index is 284. The van der Waals surface area contributed by atoms with Crippen LogP contribution in [0.15, 0.2) is 12.7 Å². The lowest BCUT2D eigenvalue weighted by molar-refractivity contribution is -0.104. The van der Waals surface area contributed by atoms with Gasteiger partial charge >= 0.3 is 0 Å². The molecule has 1 aliphatic heterocycles. The predicted molar refractivity (Wildman–Crippen MR) is 77.1 cm³/mol. The average Bonchev–Trinajstić information content (AvgIpc) is 2.22. The molecule has 0 aromatic carbocycles. The highest BCUT2D eigenvalue weighted by Crippen LogP contribution is 2.38. The van der Waals surface area contributed by atoms with E-state index in [1.165, 1.54) is 0 Å². The van der Waals surface area contributed by atoms with Crippen molar-refractivity contribution in [1.82, 2.24) is 4.90 Å². The minimum atomic E-state index is -0.520. The summed E-state index contributed by atoms with van der Waals surface area (Å²) in [5.74, 6) is 0. The Balaban J connectivity index is 2.64. The van der Waals surface area contributed by atoms with Gasteiger partial charge in [-0.15, -0.1) is 6.58 Å². The van der Waals surface area contributed by atoms with E-state index in [2.05, 4.69) is 39.2 Å². The monoisotopic (exact) mass is 271 g/mol. The molecule has 0 spiro atoms. The highest BCUT2D eigenvalue weighted by atomic mass is 16.5. The minimum Gasteiger partial charge on any atom is -0.393 e. The first-order valence-corrected chi connectivity index (χ1v) is 7.01. The zero-order valence-corrected chi connectivity index (χ0v) is 12.7. The Labute approximate surface area is 117 Å². The zero-order valence-electron chi connectivity index (χ0n) is 12.7. The molecule has 1 aliphatic rings. The van der Waals surface area contributed by atoms with E-state index >= 15 is 0 Å². The summed E-state index contributed by atoms with van der Waals surface area (Å²) >= 11 is 0. The second kappa shape index (κ2) is 6.35. The normalized spacial score (nSPS) is 25.2. The largest absolute Gasteiger partial charge is 0.393 e. The van der Waals surface area contributed by atoms with E-state index in [0.29, 0.717) is 19.8 Å². The summed E-state index contributed by atoms with van der Waals surface area (Å²) in [5.41, 5.74) is -0.249. The van der Waals surface area contributed by atoms with E-state index in [-0.39, 0.29) is 17.2 Å². The summed E-state index contributed by atoms with van der Waals surface area (Å²) in [6, 6.07) is 0. The van der Waals surface area contributed by atoms with Crippen LogP contribution in [-0.2, 0) is 4.74 Å². The first-order valence-electron chi connectivity index (χ1n) is 7.01. The quantitative estimate of drug-likeness (QED) is 0.569. The smallest absolute Gasteiger partial charge is 0.0900 e. The van der Waals surface area contributed by atoms with E-state index in [9.17, 15) is 10.2 Å². The molecule has 0 unspecified atom stereocenters. The van der Waals surface area contributed by atoms with E-state index in [0.717, 1.165) is 12.8 Å².